The Morgan fingerprint density at radius 3 is 2.41 bits per heavy atom. The molecule has 0 amide bonds. The monoisotopic (exact) mass is 260 g/mol. The Balaban J connectivity index is 0.00000144. The van der Waals surface area contributed by atoms with E-state index in [-0.39, 0.29) is 23.1 Å². The molecule has 2 aromatic carbocycles. The third-order valence-electron chi connectivity index (χ3n) is 2.16. The summed E-state index contributed by atoms with van der Waals surface area (Å²) in [5, 5.41) is 2.48. The molecular weight excluding hydrogens is 249 g/mol. The van der Waals surface area contributed by atoms with Crippen LogP contribution in [0, 0.1) is 0 Å². The average molecular weight is 261 g/mol. The van der Waals surface area contributed by atoms with Crippen molar-refractivity contribution in [2.24, 2.45) is 0 Å². The lowest BCUT2D eigenvalue weighted by atomic mass is 10.1. The topological polar surface area (TPSA) is 43.4 Å². The Kier molecular flexibility index (Phi) is 4.56. The van der Waals surface area contributed by atoms with Crippen LogP contribution < -0.4 is 4.18 Å². The van der Waals surface area contributed by atoms with Crippen molar-refractivity contribution in [2.45, 2.75) is 0 Å². The number of rotatable bonds is 3. The first-order valence-corrected chi connectivity index (χ1v) is 6.14. The molecule has 0 bridgehead atoms. The molecule has 2 rings (SSSR count). The van der Waals surface area contributed by atoms with Gasteiger partial charge in [-0.3, -0.25) is 0 Å². The SMILES string of the molecule is C=CS(=O)(=O)Oc1cccc2ccccc12.[MgH2]. The van der Waals surface area contributed by atoms with Crippen LogP contribution in [0.25, 0.3) is 10.8 Å². The molecule has 0 N–H and O–H groups in total. The largest absolute Gasteiger partial charge is 0.379 e. The molecule has 0 spiro atoms. The number of hydrogen-bond donors (Lipinski definition) is 0. The highest BCUT2D eigenvalue weighted by Crippen LogP contribution is 2.26. The first-order chi connectivity index (χ1) is 7.62. The van der Waals surface area contributed by atoms with E-state index in [1.807, 2.05) is 30.3 Å². The van der Waals surface area contributed by atoms with Crippen LogP contribution in [0.1, 0.15) is 0 Å². The fourth-order valence-corrected chi connectivity index (χ4v) is 1.89. The normalized spacial score (nSPS) is 10.6. The predicted octanol–water partition coefficient (Wildman–Crippen LogP) is 1.78. The van der Waals surface area contributed by atoms with Gasteiger partial charge < -0.3 is 4.18 Å². The van der Waals surface area contributed by atoms with Crippen LogP contribution >= 0.6 is 0 Å². The molecule has 86 valence electrons. The minimum Gasteiger partial charge on any atom is -0.379 e. The lowest BCUT2D eigenvalue weighted by molar-refractivity contribution is 0.499. The highest BCUT2D eigenvalue weighted by Gasteiger charge is 2.09. The third-order valence-corrected chi connectivity index (χ3v) is 2.98. The Morgan fingerprint density at radius 1 is 1.06 bits per heavy atom. The number of benzene rings is 2. The van der Waals surface area contributed by atoms with E-state index in [4.69, 9.17) is 4.18 Å². The Bertz CT molecular complexity index is 630. The van der Waals surface area contributed by atoms with Crippen molar-refractivity contribution in [2.75, 3.05) is 0 Å². The zero-order valence-corrected chi connectivity index (χ0v) is 9.28. The van der Waals surface area contributed by atoms with Gasteiger partial charge in [-0.15, -0.1) is 0 Å². The van der Waals surface area contributed by atoms with E-state index in [9.17, 15) is 8.42 Å². The summed E-state index contributed by atoms with van der Waals surface area (Å²) in [6.45, 7) is 3.20. The molecule has 0 fully saturated rings. The van der Waals surface area contributed by atoms with Gasteiger partial charge in [-0.1, -0.05) is 43.0 Å². The maximum atomic E-state index is 11.3. The Labute approximate surface area is 116 Å². The smallest absolute Gasteiger partial charge is 0.331 e. The van der Waals surface area contributed by atoms with Gasteiger partial charge in [-0.2, -0.15) is 8.42 Å². The van der Waals surface area contributed by atoms with Gasteiger partial charge in [-0.05, 0) is 11.5 Å². The molecule has 5 heteroatoms. The molecule has 0 atom stereocenters. The number of hydrogen-bond acceptors (Lipinski definition) is 3. The second kappa shape index (κ2) is 5.53. The van der Waals surface area contributed by atoms with Crippen LogP contribution in [0.15, 0.2) is 54.5 Å². The van der Waals surface area contributed by atoms with Crippen molar-refractivity contribution in [1.29, 1.82) is 0 Å². The van der Waals surface area contributed by atoms with E-state index in [1.165, 1.54) is 0 Å². The zero-order chi connectivity index (χ0) is 11.6. The summed E-state index contributed by atoms with van der Waals surface area (Å²) >= 11 is 0. The molecule has 0 aliphatic carbocycles. The van der Waals surface area contributed by atoms with Crippen molar-refractivity contribution < 1.29 is 12.6 Å². The summed E-state index contributed by atoms with van der Waals surface area (Å²) in [5.41, 5.74) is 0. The van der Waals surface area contributed by atoms with Crippen molar-refractivity contribution in [1.82, 2.24) is 0 Å². The summed E-state index contributed by atoms with van der Waals surface area (Å²) in [5.74, 6) is 0.318. The molecular formula is C12H12MgO3S. The van der Waals surface area contributed by atoms with E-state index in [2.05, 4.69) is 6.58 Å². The van der Waals surface area contributed by atoms with E-state index in [1.54, 1.807) is 12.1 Å². The summed E-state index contributed by atoms with van der Waals surface area (Å²) in [6, 6.07) is 12.7. The summed E-state index contributed by atoms with van der Waals surface area (Å²) in [4.78, 5) is 0. The minimum atomic E-state index is -3.70. The molecule has 0 aromatic heterocycles. The summed E-state index contributed by atoms with van der Waals surface area (Å²) in [6.07, 6.45) is 0. The zero-order valence-electron chi connectivity index (χ0n) is 8.46. The van der Waals surface area contributed by atoms with Crippen molar-refractivity contribution in [3.05, 3.63) is 54.5 Å². The fraction of sp³-hybridized carbons (Fsp3) is 0. The van der Waals surface area contributed by atoms with Crippen LogP contribution in [0.5, 0.6) is 5.75 Å². The van der Waals surface area contributed by atoms with Crippen LogP contribution in [0.3, 0.4) is 0 Å². The van der Waals surface area contributed by atoms with Gasteiger partial charge >= 0.3 is 33.2 Å². The van der Waals surface area contributed by atoms with Gasteiger partial charge in [0.25, 0.3) is 0 Å². The van der Waals surface area contributed by atoms with E-state index < -0.39 is 10.1 Å². The van der Waals surface area contributed by atoms with Gasteiger partial charge in [0.1, 0.15) is 0 Å². The Morgan fingerprint density at radius 2 is 1.71 bits per heavy atom. The summed E-state index contributed by atoms with van der Waals surface area (Å²) in [7, 11) is -3.70. The van der Waals surface area contributed by atoms with Crippen molar-refractivity contribution in [3.63, 3.8) is 0 Å². The molecule has 0 unspecified atom stereocenters. The maximum absolute atomic E-state index is 11.3. The molecule has 3 nitrogen and oxygen atoms in total. The average Bonchev–Trinajstić information content (AvgIpc) is 2.29. The molecule has 0 radical (unpaired) electrons. The standard InChI is InChI=1S/C12H10O3S.Mg.2H/c1-2-16(13,14)15-12-9-5-7-10-6-3-4-8-11(10)12;;;/h2-9H,1H2;;;. The molecule has 17 heavy (non-hydrogen) atoms. The molecule has 0 saturated carbocycles. The minimum absolute atomic E-state index is 0. The second-order valence-corrected chi connectivity index (χ2v) is 4.71. The van der Waals surface area contributed by atoms with Gasteiger partial charge in [0, 0.05) is 5.39 Å². The van der Waals surface area contributed by atoms with E-state index >= 15 is 0 Å². The van der Waals surface area contributed by atoms with Gasteiger partial charge in [0.2, 0.25) is 0 Å². The predicted molar refractivity (Wildman–Crippen MR) is 72.2 cm³/mol. The highest BCUT2D eigenvalue weighted by atomic mass is 32.2. The van der Waals surface area contributed by atoms with E-state index in [0.717, 1.165) is 16.2 Å². The second-order valence-electron chi connectivity index (χ2n) is 3.22. The van der Waals surface area contributed by atoms with Crippen molar-refractivity contribution in [3.8, 4) is 5.75 Å². The first-order valence-electron chi connectivity index (χ1n) is 4.67. The van der Waals surface area contributed by atoms with E-state index in [0.29, 0.717) is 5.75 Å². The third kappa shape index (κ3) is 3.21. The maximum Gasteiger partial charge on any atom is 0.331 e. The first kappa shape index (κ1) is 14.0. The van der Waals surface area contributed by atoms with Crippen LogP contribution in [-0.4, -0.2) is 31.5 Å². The molecule has 0 saturated heterocycles. The van der Waals surface area contributed by atoms with Gasteiger partial charge in [-0.25, -0.2) is 0 Å². The lowest BCUT2D eigenvalue weighted by Gasteiger charge is -2.06. The number of fused-ring (bicyclic) bond motifs is 1. The van der Waals surface area contributed by atoms with Crippen LogP contribution in [0.4, 0.5) is 0 Å². The lowest BCUT2D eigenvalue weighted by Crippen LogP contribution is -2.04. The van der Waals surface area contributed by atoms with Crippen LogP contribution in [0.2, 0.25) is 0 Å². The molecule has 0 heterocycles. The highest BCUT2D eigenvalue weighted by molar-refractivity contribution is 7.90. The summed E-state index contributed by atoms with van der Waals surface area (Å²) < 4.78 is 27.5. The van der Waals surface area contributed by atoms with Gasteiger partial charge in [0.15, 0.2) is 5.75 Å². The molecule has 2 aromatic rings. The Hall–Kier alpha value is -1.04. The quantitative estimate of drug-likeness (QED) is 0.624. The fourth-order valence-electron chi connectivity index (χ4n) is 1.43. The molecule has 0 aliphatic heterocycles. The van der Waals surface area contributed by atoms with Gasteiger partial charge in [0.05, 0.1) is 5.41 Å². The van der Waals surface area contributed by atoms with Crippen molar-refractivity contribution >= 4 is 43.9 Å². The van der Waals surface area contributed by atoms with Crippen LogP contribution in [-0.2, 0) is 10.1 Å². The molecule has 0 aliphatic rings.